The van der Waals surface area contributed by atoms with Crippen molar-refractivity contribution in [2.45, 2.75) is 51.0 Å². The Hall–Kier alpha value is -1.43. The number of nitrogens with zero attached hydrogens (tertiary/aromatic N) is 2. The summed E-state index contributed by atoms with van der Waals surface area (Å²) in [6.45, 7) is 1.95. The summed E-state index contributed by atoms with van der Waals surface area (Å²) in [5.41, 5.74) is 0. The van der Waals surface area contributed by atoms with Crippen molar-refractivity contribution in [3.05, 3.63) is 11.7 Å². The zero-order valence-electron chi connectivity index (χ0n) is 10.6. The molecule has 0 aliphatic heterocycles. The van der Waals surface area contributed by atoms with Crippen LogP contribution in [-0.4, -0.2) is 33.8 Å². The second kappa shape index (κ2) is 5.95. The summed E-state index contributed by atoms with van der Waals surface area (Å²) >= 11 is 0. The number of hydrogen-bond acceptors (Lipinski definition) is 5. The maximum atomic E-state index is 11.6. The molecule has 1 aliphatic carbocycles. The molecule has 0 radical (unpaired) electrons. The highest BCUT2D eigenvalue weighted by Gasteiger charge is 2.28. The third-order valence-electron chi connectivity index (χ3n) is 2.96. The number of aliphatic hydroxyl groups excluding tert-OH is 1. The van der Waals surface area contributed by atoms with Crippen LogP contribution in [0.4, 0.5) is 0 Å². The molecule has 100 valence electrons. The van der Waals surface area contributed by atoms with Gasteiger partial charge in [0, 0.05) is 31.4 Å². The molecule has 6 heteroatoms. The van der Waals surface area contributed by atoms with Crippen LogP contribution >= 0.6 is 0 Å². The number of carbonyl (C=O) groups excluding carboxylic acids is 1. The predicted octanol–water partition coefficient (Wildman–Crippen LogP) is 0.767. The van der Waals surface area contributed by atoms with Gasteiger partial charge >= 0.3 is 0 Å². The van der Waals surface area contributed by atoms with Crippen LogP contribution in [0.2, 0.25) is 0 Å². The summed E-state index contributed by atoms with van der Waals surface area (Å²) < 4.78 is 5.09. The molecule has 1 aromatic heterocycles. The molecule has 18 heavy (non-hydrogen) atoms. The Morgan fingerprint density at radius 1 is 1.61 bits per heavy atom. The number of rotatable bonds is 7. The highest BCUT2D eigenvalue weighted by atomic mass is 16.5. The van der Waals surface area contributed by atoms with Crippen LogP contribution in [0.3, 0.4) is 0 Å². The van der Waals surface area contributed by atoms with E-state index < -0.39 is 0 Å². The van der Waals surface area contributed by atoms with E-state index in [9.17, 15) is 4.79 Å². The van der Waals surface area contributed by atoms with Crippen LogP contribution < -0.4 is 5.32 Å². The van der Waals surface area contributed by atoms with E-state index in [0.717, 1.165) is 18.7 Å². The van der Waals surface area contributed by atoms with E-state index in [2.05, 4.69) is 15.5 Å². The molecule has 1 aromatic rings. The first-order valence-corrected chi connectivity index (χ1v) is 6.41. The summed E-state index contributed by atoms with van der Waals surface area (Å²) in [5.74, 6) is 1.73. The van der Waals surface area contributed by atoms with Gasteiger partial charge in [-0.2, -0.15) is 4.98 Å². The van der Waals surface area contributed by atoms with Gasteiger partial charge in [-0.1, -0.05) is 5.16 Å². The largest absolute Gasteiger partial charge is 0.396 e. The first kappa shape index (κ1) is 13.0. The van der Waals surface area contributed by atoms with Gasteiger partial charge in [-0.05, 0) is 26.2 Å². The molecule has 0 saturated heterocycles. The van der Waals surface area contributed by atoms with Crippen molar-refractivity contribution in [3.63, 3.8) is 0 Å². The van der Waals surface area contributed by atoms with Crippen LogP contribution in [0, 0.1) is 0 Å². The van der Waals surface area contributed by atoms with Gasteiger partial charge in [0.15, 0.2) is 5.82 Å². The van der Waals surface area contributed by atoms with Crippen molar-refractivity contribution in [2.24, 2.45) is 0 Å². The Morgan fingerprint density at radius 2 is 2.39 bits per heavy atom. The van der Waals surface area contributed by atoms with Crippen LogP contribution in [0.25, 0.3) is 0 Å². The van der Waals surface area contributed by atoms with E-state index in [4.69, 9.17) is 9.63 Å². The van der Waals surface area contributed by atoms with Gasteiger partial charge in [0.05, 0.1) is 0 Å². The minimum Gasteiger partial charge on any atom is -0.396 e. The summed E-state index contributed by atoms with van der Waals surface area (Å²) in [6, 6.07) is -0.00721. The van der Waals surface area contributed by atoms with Crippen molar-refractivity contribution >= 4 is 5.91 Å². The normalized spacial score (nSPS) is 16.6. The topological polar surface area (TPSA) is 88.2 Å². The van der Waals surface area contributed by atoms with Crippen LogP contribution in [0.5, 0.6) is 0 Å². The molecule has 2 rings (SSSR count). The van der Waals surface area contributed by atoms with E-state index in [1.165, 1.54) is 0 Å². The van der Waals surface area contributed by atoms with Crippen molar-refractivity contribution in [2.75, 3.05) is 6.61 Å². The van der Waals surface area contributed by atoms with Crippen LogP contribution in [-0.2, 0) is 11.2 Å². The van der Waals surface area contributed by atoms with E-state index in [0.29, 0.717) is 31.1 Å². The lowest BCUT2D eigenvalue weighted by molar-refractivity contribution is -0.121. The molecular weight excluding hydrogens is 234 g/mol. The van der Waals surface area contributed by atoms with E-state index in [-0.39, 0.29) is 18.6 Å². The maximum absolute atomic E-state index is 11.6. The second-order valence-corrected chi connectivity index (χ2v) is 4.80. The standard InChI is InChI=1S/C12H19N3O3/c1-8(6-7-16)13-10(17)4-5-11-14-12(15-18-11)9-2-3-9/h8-9,16H,2-7H2,1H3,(H,13,17). The predicted molar refractivity (Wildman–Crippen MR) is 63.9 cm³/mol. The Kier molecular flexibility index (Phi) is 4.30. The number of amides is 1. The zero-order valence-corrected chi connectivity index (χ0v) is 10.6. The monoisotopic (exact) mass is 253 g/mol. The lowest BCUT2D eigenvalue weighted by atomic mass is 10.2. The van der Waals surface area contributed by atoms with E-state index in [1.54, 1.807) is 0 Å². The third kappa shape index (κ3) is 3.80. The van der Waals surface area contributed by atoms with Crippen molar-refractivity contribution in [1.82, 2.24) is 15.5 Å². The van der Waals surface area contributed by atoms with Crippen molar-refractivity contribution in [3.8, 4) is 0 Å². The van der Waals surface area contributed by atoms with Gasteiger partial charge in [0.2, 0.25) is 11.8 Å². The number of aryl methyl sites for hydroxylation is 1. The molecule has 0 aromatic carbocycles. The molecule has 1 fully saturated rings. The van der Waals surface area contributed by atoms with E-state index in [1.807, 2.05) is 6.92 Å². The number of aromatic nitrogens is 2. The quantitative estimate of drug-likeness (QED) is 0.749. The maximum Gasteiger partial charge on any atom is 0.227 e. The number of aliphatic hydroxyl groups is 1. The molecule has 2 N–H and O–H groups in total. The highest BCUT2D eigenvalue weighted by molar-refractivity contribution is 5.76. The fourth-order valence-corrected chi connectivity index (χ4v) is 1.71. The highest BCUT2D eigenvalue weighted by Crippen LogP contribution is 2.38. The van der Waals surface area contributed by atoms with Gasteiger partial charge in [0.1, 0.15) is 0 Å². The first-order valence-electron chi connectivity index (χ1n) is 6.41. The third-order valence-corrected chi connectivity index (χ3v) is 2.96. The Labute approximate surface area is 106 Å². The van der Waals surface area contributed by atoms with E-state index >= 15 is 0 Å². The summed E-state index contributed by atoms with van der Waals surface area (Å²) in [7, 11) is 0. The number of carbonyl (C=O) groups is 1. The van der Waals surface area contributed by atoms with Gasteiger partial charge in [-0.15, -0.1) is 0 Å². The SMILES string of the molecule is CC(CCO)NC(=O)CCc1nc(C2CC2)no1. The average molecular weight is 253 g/mol. The minimum atomic E-state index is -0.0536. The van der Waals surface area contributed by atoms with Gasteiger partial charge in [-0.25, -0.2) is 0 Å². The zero-order chi connectivity index (χ0) is 13.0. The molecule has 1 heterocycles. The first-order chi connectivity index (χ1) is 8.69. The number of nitrogens with one attached hydrogen (secondary N) is 1. The molecular formula is C12H19N3O3. The molecule has 1 unspecified atom stereocenters. The smallest absolute Gasteiger partial charge is 0.227 e. The molecule has 1 atom stereocenters. The Bertz CT molecular complexity index is 401. The molecule has 1 aliphatic rings. The lowest BCUT2D eigenvalue weighted by Gasteiger charge is -2.11. The fraction of sp³-hybridized carbons (Fsp3) is 0.750. The van der Waals surface area contributed by atoms with Gasteiger partial charge < -0.3 is 14.9 Å². The van der Waals surface area contributed by atoms with Crippen LogP contribution in [0.15, 0.2) is 4.52 Å². The minimum absolute atomic E-state index is 0.00721. The Morgan fingerprint density at radius 3 is 3.06 bits per heavy atom. The van der Waals surface area contributed by atoms with Crippen LogP contribution in [0.1, 0.15) is 50.2 Å². The van der Waals surface area contributed by atoms with Crippen molar-refractivity contribution < 1.29 is 14.4 Å². The Balaban J connectivity index is 1.71. The number of hydrogen-bond donors (Lipinski definition) is 2. The lowest BCUT2D eigenvalue weighted by Crippen LogP contribution is -2.33. The second-order valence-electron chi connectivity index (χ2n) is 4.80. The molecule has 1 amide bonds. The molecule has 6 nitrogen and oxygen atoms in total. The fourth-order valence-electron chi connectivity index (χ4n) is 1.71. The summed E-state index contributed by atoms with van der Waals surface area (Å²) in [5, 5.41) is 15.4. The molecule has 0 bridgehead atoms. The summed E-state index contributed by atoms with van der Waals surface area (Å²) in [4.78, 5) is 15.8. The van der Waals surface area contributed by atoms with Gasteiger partial charge in [0.25, 0.3) is 0 Å². The molecule has 1 saturated carbocycles. The molecule has 0 spiro atoms. The average Bonchev–Trinajstić information content (AvgIpc) is 3.06. The summed E-state index contributed by atoms with van der Waals surface area (Å²) in [6.07, 6.45) is 3.65. The van der Waals surface area contributed by atoms with Gasteiger partial charge in [-0.3, -0.25) is 4.79 Å². The van der Waals surface area contributed by atoms with Crippen molar-refractivity contribution in [1.29, 1.82) is 0 Å².